The number of rotatable bonds is 6. The molecule has 1 aliphatic rings. The quantitative estimate of drug-likeness (QED) is 0.710. The number of carbonyl (C=O) groups is 1. The Labute approximate surface area is 140 Å². The van der Waals surface area contributed by atoms with Crippen LogP contribution >= 0.6 is 0 Å². The summed E-state index contributed by atoms with van der Waals surface area (Å²) in [7, 11) is 0. The first-order valence-electron chi connectivity index (χ1n) is 8.25. The molecule has 128 valence electrons. The van der Waals surface area contributed by atoms with Gasteiger partial charge >= 0.3 is 0 Å². The van der Waals surface area contributed by atoms with Crippen LogP contribution in [0.1, 0.15) is 29.6 Å². The van der Waals surface area contributed by atoms with E-state index in [4.69, 9.17) is 0 Å². The van der Waals surface area contributed by atoms with Crippen LogP contribution in [0.25, 0.3) is 11.4 Å². The van der Waals surface area contributed by atoms with Crippen molar-refractivity contribution in [2.45, 2.75) is 25.3 Å². The van der Waals surface area contributed by atoms with Crippen LogP contribution < -0.4 is 5.32 Å². The molecule has 24 heavy (non-hydrogen) atoms. The van der Waals surface area contributed by atoms with Gasteiger partial charge in [0.2, 0.25) is 5.82 Å². The van der Waals surface area contributed by atoms with Crippen molar-refractivity contribution in [2.24, 2.45) is 0 Å². The van der Waals surface area contributed by atoms with Crippen molar-refractivity contribution in [3.63, 3.8) is 0 Å². The largest absolute Gasteiger partial charge is 0.395 e. The van der Waals surface area contributed by atoms with E-state index in [1.807, 2.05) is 12.1 Å². The molecule has 1 aromatic heterocycles. The van der Waals surface area contributed by atoms with E-state index < -0.39 is 0 Å². The number of tetrazole rings is 1. The highest BCUT2D eigenvalue weighted by molar-refractivity contribution is 6.00. The summed E-state index contributed by atoms with van der Waals surface area (Å²) in [5, 5.41) is 26.2. The van der Waals surface area contributed by atoms with Crippen LogP contribution in [0.3, 0.4) is 0 Å². The van der Waals surface area contributed by atoms with Gasteiger partial charge in [-0.3, -0.25) is 9.69 Å². The van der Waals surface area contributed by atoms with E-state index in [9.17, 15) is 9.90 Å². The topological polar surface area (TPSA) is 107 Å². The lowest BCUT2D eigenvalue weighted by molar-refractivity contribution is 0.0849. The van der Waals surface area contributed by atoms with Gasteiger partial charge in [0.15, 0.2) is 0 Å². The van der Waals surface area contributed by atoms with Gasteiger partial charge in [-0.25, -0.2) is 0 Å². The Morgan fingerprint density at radius 3 is 3.04 bits per heavy atom. The van der Waals surface area contributed by atoms with Gasteiger partial charge in [0, 0.05) is 24.7 Å². The highest BCUT2D eigenvalue weighted by Gasteiger charge is 2.21. The zero-order chi connectivity index (χ0) is 16.8. The second-order valence-corrected chi connectivity index (χ2v) is 5.91. The molecular formula is C16H22N6O2. The molecule has 8 nitrogen and oxygen atoms in total. The fourth-order valence-corrected chi connectivity index (χ4v) is 3.12. The van der Waals surface area contributed by atoms with Crippen LogP contribution in [0.5, 0.6) is 0 Å². The van der Waals surface area contributed by atoms with Gasteiger partial charge in [0.1, 0.15) is 0 Å². The molecule has 1 saturated heterocycles. The van der Waals surface area contributed by atoms with E-state index in [2.05, 4.69) is 30.8 Å². The summed E-state index contributed by atoms with van der Waals surface area (Å²) in [6.45, 7) is 2.42. The number of hydrogen-bond acceptors (Lipinski definition) is 6. The summed E-state index contributed by atoms with van der Waals surface area (Å²) in [6.07, 6.45) is 3.32. The van der Waals surface area contributed by atoms with Crippen molar-refractivity contribution in [1.82, 2.24) is 30.8 Å². The number of aromatic nitrogens is 4. The Morgan fingerprint density at radius 2 is 2.25 bits per heavy atom. The van der Waals surface area contributed by atoms with E-state index in [0.29, 0.717) is 23.5 Å². The molecule has 1 amide bonds. The van der Waals surface area contributed by atoms with Gasteiger partial charge in [-0.05, 0) is 30.7 Å². The first-order valence-corrected chi connectivity index (χ1v) is 8.25. The maximum absolute atomic E-state index is 12.5. The Morgan fingerprint density at radius 1 is 1.38 bits per heavy atom. The van der Waals surface area contributed by atoms with Gasteiger partial charge in [0.25, 0.3) is 5.91 Å². The van der Waals surface area contributed by atoms with Gasteiger partial charge in [-0.2, -0.15) is 5.21 Å². The number of H-pyrrole nitrogens is 1. The summed E-state index contributed by atoms with van der Waals surface area (Å²) in [5.74, 6) is 0.241. The third-order valence-electron chi connectivity index (χ3n) is 4.40. The number of piperidine rings is 1. The number of carbonyl (C=O) groups excluding carboxylic acids is 1. The van der Waals surface area contributed by atoms with Crippen molar-refractivity contribution in [3.8, 4) is 11.4 Å². The number of nitrogens with one attached hydrogen (secondary N) is 2. The normalized spacial score (nSPS) is 18.5. The summed E-state index contributed by atoms with van der Waals surface area (Å²) in [6, 6.07) is 7.40. The number of hydrogen-bond donors (Lipinski definition) is 3. The fraction of sp³-hybridized carbons (Fsp3) is 0.500. The lowest BCUT2D eigenvalue weighted by Crippen LogP contribution is -2.45. The van der Waals surface area contributed by atoms with Gasteiger partial charge < -0.3 is 10.4 Å². The van der Waals surface area contributed by atoms with Crippen LogP contribution in [0.2, 0.25) is 0 Å². The first kappa shape index (κ1) is 16.5. The highest BCUT2D eigenvalue weighted by Crippen LogP contribution is 2.19. The molecule has 3 rings (SSSR count). The SMILES string of the molecule is O=C(NCCN1CCCC[C@@H]1CO)c1ccccc1-c1nn[nH]n1. The second-order valence-electron chi connectivity index (χ2n) is 5.91. The number of amides is 1. The average Bonchev–Trinajstić information content (AvgIpc) is 3.16. The predicted octanol–water partition coefficient (Wildman–Crippen LogP) is 0.443. The Kier molecular flexibility index (Phi) is 5.50. The fourth-order valence-electron chi connectivity index (χ4n) is 3.12. The Hall–Kier alpha value is -2.32. The number of aromatic amines is 1. The molecule has 0 unspecified atom stereocenters. The van der Waals surface area contributed by atoms with Crippen LogP contribution in [0.4, 0.5) is 0 Å². The molecule has 1 fully saturated rings. The van der Waals surface area contributed by atoms with Crippen LogP contribution in [-0.2, 0) is 0 Å². The highest BCUT2D eigenvalue weighted by atomic mass is 16.3. The summed E-state index contributed by atoms with van der Waals surface area (Å²) >= 11 is 0. The number of benzene rings is 1. The van der Waals surface area contributed by atoms with E-state index in [0.717, 1.165) is 32.4 Å². The minimum absolute atomic E-state index is 0.159. The monoisotopic (exact) mass is 330 g/mol. The van der Waals surface area contributed by atoms with Crippen molar-refractivity contribution < 1.29 is 9.90 Å². The molecule has 0 bridgehead atoms. The molecule has 2 heterocycles. The predicted molar refractivity (Wildman–Crippen MR) is 88.2 cm³/mol. The summed E-state index contributed by atoms with van der Waals surface area (Å²) in [5.41, 5.74) is 1.17. The Balaban J connectivity index is 1.60. The first-order chi connectivity index (χ1) is 11.8. The molecule has 1 atom stereocenters. The number of aliphatic hydroxyl groups is 1. The molecule has 0 spiro atoms. The molecule has 2 aromatic rings. The third kappa shape index (κ3) is 3.77. The number of likely N-dealkylation sites (tertiary alicyclic amines) is 1. The molecule has 8 heteroatoms. The lowest BCUT2D eigenvalue weighted by atomic mass is 10.0. The van der Waals surface area contributed by atoms with Gasteiger partial charge in [-0.15, -0.1) is 10.2 Å². The summed E-state index contributed by atoms with van der Waals surface area (Å²) in [4.78, 5) is 14.7. The lowest BCUT2D eigenvalue weighted by Gasteiger charge is -2.34. The smallest absolute Gasteiger partial charge is 0.252 e. The minimum atomic E-state index is -0.159. The average molecular weight is 330 g/mol. The van der Waals surface area contributed by atoms with E-state index in [-0.39, 0.29) is 18.6 Å². The molecule has 3 N–H and O–H groups in total. The number of nitrogens with zero attached hydrogens (tertiary/aromatic N) is 4. The van der Waals surface area contributed by atoms with Crippen molar-refractivity contribution in [3.05, 3.63) is 29.8 Å². The maximum Gasteiger partial charge on any atom is 0.252 e. The second kappa shape index (κ2) is 7.98. The van der Waals surface area contributed by atoms with Gasteiger partial charge in [-0.1, -0.05) is 24.6 Å². The van der Waals surface area contributed by atoms with E-state index >= 15 is 0 Å². The summed E-state index contributed by atoms with van der Waals surface area (Å²) < 4.78 is 0. The Bertz CT molecular complexity index is 660. The zero-order valence-electron chi connectivity index (χ0n) is 13.5. The maximum atomic E-state index is 12.5. The van der Waals surface area contributed by atoms with Crippen molar-refractivity contribution >= 4 is 5.91 Å². The molecule has 0 aliphatic carbocycles. The van der Waals surface area contributed by atoms with Crippen molar-refractivity contribution in [1.29, 1.82) is 0 Å². The van der Waals surface area contributed by atoms with Crippen molar-refractivity contribution in [2.75, 3.05) is 26.2 Å². The van der Waals surface area contributed by atoms with Crippen LogP contribution in [0.15, 0.2) is 24.3 Å². The molecule has 0 radical (unpaired) electrons. The third-order valence-corrected chi connectivity index (χ3v) is 4.40. The number of aliphatic hydroxyl groups excluding tert-OH is 1. The minimum Gasteiger partial charge on any atom is -0.395 e. The standard InChI is InChI=1S/C16H22N6O2/c23-11-12-5-3-4-9-22(12)10-8-17-16(24)14-7-2-1-6-13(14)15-18-20-21-19-15/h1-2,6-7,12,23H,3-5,8-11H2,(H,17,24)(H,18,19,20,21)/t12-/m1/s1. The zero-order valence-corrected chi connectivity index (χ0v) is 13.5. The molecule has 1 aromatic carbocycles. The molecule has 1 aliphatic heterocycles. The molecule has 0 saturated carbocycles. The van der Waals surface area contributed by atoms with E-state index in [1.54, 1.807) is 12.1 Å². The van der Waals surface area contributed by atoms with E-state index in [1.165, 1.54) is 0 Å². The van der Waals surface area contributed by atoms with Crippen LogP contribution in [0, 0.1) is 0 Å². The van der Waals surface area contributed by atoms with Crippen LogP contribution in [-0.4, -0.2) is 68.8 Å². The molecular weight excluding hydrogens is 308 g/mol. The van der Waals surface area contributed by atoms with Gasteiger partial charge in [0.05, 0.1) is 12.2 Å².